The van der Waals surface area contributed by atoms with E-state index in [4.69, 9.17) is 4.74 Å². The SMILES string of the molecule is C=C1c2ccccc2Oc2ccc(C(=CCC)NCCc3cccs3)cc2N1C. The van der Waals surface area contributed by atoms with Crippen molar-refractivity contribution < 1.29 is 4.74 Å². The van der Waals surface area contributed by atoms with Gasteiger partial charge in [-0.05, 0) is 60.2 Å². The molecule has 29 heavy (non-hydrogen) atoms. The van der Waals surface area contributed by atoms with Crippen molar-refractivity contribution >= 4 is 28.4 Å². The maximum absolute atomic E-state index is 6.23. The number of hydrogen-bond donors (Lipinski definition) is 1. The zero-order valence-electron chi connectivity index (χ0n) is 16.9. The molecule has 2 heterocycles. The van der Waals surface area contributed by atoms with Crippen molar-refractivity contribution in [3.63, 3.8) is 0 Å². The third-order valence-corrected chi connectivity index (χ3v) is 6.07. The molecule has 0 bridgehead atoms. The molecule has 0 fully saturated rings. The summed E-state index contributed by atoms with van der Waals surface area (Å²) in [6.45, 7) is 7.38. The fourth-order valence-corrected chi connectivity index (χ4v) is 4.25. The van der Waals surface area contributed by atoms with Crippen LogP contribution in [0.5, 0.6) is 11.5 Å². The van der Waals surface area contributed by atoms with Crippen molar-refractivity contribution in [2.75, 3.05) is 18.5 Å². The van der Waals surface area contributed by atoms with E-state index in [0.717, 1.165) is 59.1 Å². The topological polar surface area (TPSA) is 24.5 Å². The summed E-state index contributed by atoms with van der Waals surface area (Å²) in [6.07, 6.45) is 4.25. The summed E-state index contributed by atoms with van der Waals surface area (Å²) in [6, 6.07) is 18.7. The second-order valence-electron chi connectivity index (χ2n) is 7.07. The Morgan fingerprint density at radius 3 is 2.79 bits per heavy atom. The molecule has 1 N–H and O–H groups in total. The van der Waals surface area contributed by atoms with E-state index in [1.54, 1.807) is 11.3 Å². The van der Waals surface area contributed by atoms with Gasteiger partial charge in [-0.1, -0.05) is 37.8 Å². The maximum atomic E-state index is 6.23. The van der Waals surface area contributed by atoms with E-state index in [1.807, 2.05) is 25.2 Å². The molecule has 1 aromatic heterocycles. The van der Waals surface area contributed by atoms with E-state index in [-0.39, 0.29) is 0 Å². The Kier molecular flexibility index (Phi) is 5.72. The molecule has 0 atom stereocenters. The van der Waals surface area contributed by atoms with Crippen LogP contribution in [0.1, 0.15) is 29.3 Å². The highest BCUT2D eigenvalue weighted by molar-refractivity contribution is 7.09. The highest BCUT2D eigenvalue weighted by Gasteiger charge is 2.22. The van der Waals surface area contributed by atoms with E-state index in [9.17, 15) is 0 Å². The molecular formula is C25H26N2OS. The van der Waals surface area contributed by atoms with Crippen LogP contribution in [0, 0.1) is 0 Å². The smallest absolute Gasteiger partial charge is 0.151 e. The Morgan fingerprint density at radius 2 is 2.00 bits per heavy atom. The van der Waals surface area contributed by atoms with E-state index in [1.165, 1.54) is 4.88 Å². The first-order chi connectivity index (χ1) is 14.2. The highest BCUT2D eigenvalue weighted by atomic mass is 32.1. The lowest BCUT2D eigenvalue weighted by molar-refractivity contribution is 0.485. The van der Waals surface area contributed by atoms with Gasteiger partial charge in [0.1, 0.15) is 5.75 Å². The molecule has 0 aliphatic carbocycles. The second-order valence-corrected chi connectivity index (χ2v) is 8.10. The number of anilines is 1. The number of rotatable bonds is 6. The van der Waals surface area contributed by atoms with Crippen molar-refractivity contribution in [3.8, 4) is 11.5 Å². The predicted molar refractivity (Wildman–Crippen MR) is 125 cm³/mol. The van der Waals surface area contributed by atoms with Crippen LogP contribution in [-0.2, 0) is 6.42 Å². The van der Waals surface area contributed by atoms with Gasteiger partial charge >= 0.3 is 0 Å². The molecule has 0 amide bonds. The number of allylic oxidation sites excluding steroid dienone is 1. The molecule has 148 valence electrons. The van der Waals surface area contributed by atoms with Crippen LogP contribution in [0.25, 0.3) is 11.4 Å². The molecule has 3 aromatic rings. The van der Waals surface area contributed by atoms with Crippen molar-refractivity contribution in [1.82, 2.24) is 5.32 Å². The zero-order valence-corrected chi connectivity index (χ0v) is 17.8. The van der Waals surface area contributed by atoms with Crippen LogP contribution in [0.2, 0.25) is 0 Å². The van der Waals surface area contributed by atoms with Crippen molar-refractivity contribution in [2.45, 2.75) is 19.8 Å². The van der Waals surface area contributed by atoms with E-state index < -0.39 is 0 Å². The average molecular weight is 403 g/mol. The number of hydrogen-bond acceptors (Lipinski definition) is 4. The van der Waals surface area contributed by atoms with Gasteiger partial charge in [0.2, 0.25) is 0 Å². The van der Waals surface area contributed by atoms with Gasteiger partial charge < -0.3 is 15.0 Å². The van der Waals surface area contributed by atoms with Gasteiger partial charge in [-0.2, -0.15) is 0 Å². The average Bonchev–Trinajstić information content (AvgIpc) is 3.23. The van der Waals surface area contributed by atoms with Crippen LogP contribution < -0.4 is 15.0 Å². The Bertz CT molecular complexity index is 1040. The van der Waals surface area contributed by atoms with Gasteiger partial charge in [0.15, 0.2) is 5.75 Å². The molecule has 0 saturated heterocycles. The number of nitrogens with one attached hydrogen (secondary N) is 1. The standard InChI is InChI=1S/C25H26N2OS/c1-4-8-22(26-15-14-20-9-7-16-29-20)19-12-13-25-23(17-19)27(3)18(2)21-10-5-6-11-24(21)28-25/h5-13,16-17,26H,2,4,14-15H2,1,3H3. The Hall–Kier alpha value is -2.98. The molecule has 4 heteroatoms. The number of fused-ring (bicyclic) bond motifs is 2. The minimum atomic E-state index is 0.842. The van der Waals surface area contributed by atoms with Gasteiger partial charge in [-0.25, -0.2) is 0 Å². The number of benzene rings is 2. The second kappa shape index (κ2) is 8.58. The monoisotopic (exact) mass is 402 g/mol. The summed E-state index contributed by atoms with van der Waals surface area (Å²) in [5.41, 5.74) is 5.29. The van der Waals surface area contributed by atoms with E-state index >= 15 is 0 Å². The third kappa shape index (κ3) is 4.08. The molecule has 1 aliphatic heterocycles. The van der Waals surface area contributed by atoms with Crippen LogP contribution in [-0.4, -0.2) is 13.6 Å². The maximum Gasteiger partial charge on any atom is 0.151 e. The lowest BCUT2D eigenvalue weighted by Crippen LogP contribution is -2.17. The first-order valence-corrected chi connectivity index (χ1v) is 10.9. The fourth-order valence-electron chi connectivity index (χ4n) is 3.54. The Balaban J connectivity index is 1.60. The lowest BCUT2D eigenvalue weighted by Gasteiger charge is -2.22. The minimum absolute atomic E-state index is 0.842. The van der Waals surface area contributed by atoms with Gasteiger partial charge in [0.05, 0.1) is 5.69 Å². The van der Waals surface area contributed by atoms with Crippen molar-refractivity contribution in [2.24, 2.45) is 0 Å². The van der Waals surface area contributed by atoms with Gasteiger partial charge in [-0.3, -0.25) is 0 Å². The van der Waals surface area contributed by atoms with E-state index in [2.05, 4.69) is 71.6 Å². The minimum Gasteiger partial charge on any atom is -0.454 e. The number of ether oxygens (including phenoxy) is 1. The quantitative estimate of drug-likeness (QED) is 0.506. The van der Waals surface area contributed by atoms with Crippen LogP contribution in [0.3, 0.4) is 0 Å². The number of para-hydroxylation sites is 1. The molecule has 4 rings (SSSR count). The van der Waals surface area contributed by atoms with Crippen LogP contribution in [0.4, 0.5) is 5.69 Å². The molecular weight excluding hydrogens is 376 g/mol. The number of nitrogens with zero attached hydrogens (tertiary/aromatic N) is 1. The molecule has 0 unspecified atom stereocenters. The normalized spacial score (nSPS) is 13.4. The van der Waals surface area contributed by atoms with Gasteiger partial charge in [0, 0.05) is 35.4 Å². The molecule has 2 aromatic carbocycles. The summed E-state index contributed by atoms with van der Waals surface area (Å²) in [4.78, 5) is 3.51. The summed E-state index contributed by atoms with van der Waals surface area (Å²) < 4.78 is 6.23. The predicted octanol–water partition coefficient (Wildman–Crippen LogP) is 6.54. The van der Waals surface area contributed by atoms with Crippen molar-refractivity contribution in [1.29, 1.82) is 0 Å². The van der Waals surface area contributed by atoms with Crippen molar-refractivity contribution in [3.05, 3.63) is 88.6 Å². The first-order valence-electron chi connectivity index (χ1n) is 9.98. The third-order valence-electron chi connectivity index (χ3n) is 5.13. The van der Waals surface area contributed by atoms with Crippen LogP contribution >= 0.6 is 11.3 Å². The largest absolute Gasteiger partial charge is 0.454 e. The molecule has 3 nitrogen and oxygen atoms in total. The molecule has 0 radical (unpaired) electrons. The zero-order chi connectivity index (χ0) is 20.2. The molecule has 1 aliphatic rings. The summed E-state index contributed by atoms with van der Waals surface area (Å²) in [5, 5.41) is 5.76. The van der Waals surface area contributed by atoms with Crippen LogP contribution in [0.15, 0.2) is 72.6 Å². The van der Waals surface area contributed by atoms with E-state index in [0.29, 0.717) is 0 Å². The molecule has 0 spiro atoms. The number of thiophene rings is 1. The summed E-state index contributed by atoms with van der Waals surface area (Å²) in [7, 11) is 2.05. The Labute approximate surface area is 177 Å². The lowest BCUT2D eigenvalue weighted by atomic mass is 10.1. The first kappa shape index (κ1) is 19.3. The fraction of sp³-hybridized carbons (Fsp3) is 0.200. The summed E-state index contributed by atoms with van der Waals surface area (Å²) in [5.74, 6) is 1.69. The van der Waals surface area contributed by atoms with Gasteiger partial charge in [-0.15, -0.1) is 11.3 Å². The molecule has 0 saturated carbocycles. The summed E-state index contributed by atoms with van der Waals surface area (Å²) >= 11 is 1.81. The Morgan fingerprint density at radius 1 is 1.14 bits per heavy atom. The highest BCUT2D eigenvalue weighted by Crippen LogP contribution is 2.43. The van der Waals surface area contributed by atoms with Gasteiger partial charge in [0.25, 0.3) is 0 Å².